The van der Waals surface area contributed by atoms with Crippen molar-refractivity contribution in [3.63, 3.8) is 0 Å². The summed E-state index contributed by atoms with van der Waals surface area (Å²) in [6, 6.07) is 12.2. The average Bonchev–Trinajstić information content (AvgIpc) is 3.04. The van der Waals surface area contributed by atoms with Crippen molar-refractivity contribution in [3.05, 3.63) is 66.2 Å². The van der Waals surface area contributed by atoms with Crippen LogP contribution in [0.15, 0.2) is 60.0 Å². The summed E-state index contributed by atoms with van der Waals surface area (Å²) in [6.45, 7) is 0. The molecular weight excluding hydrogens is 325 g/mol. The highest BCUT2D eigenvalue weighted by Crippen LogP contribution is 2.30. The van der Waals surface area contributed by atoms with Crippen molar-refractivity contribution < 1.29 is 13.2 Å². The molecule has 0 aliphatic rings. The lowest BCUT2D eigenvalue weighted by Crippen LogP contribution is -2.14. The van der Waals surface area contributed by atoms with Crippen molar-refractivity contribution >= 4 is 11.8 Å². The molecule has 0 aliphatic carbocycles. The van der Waals surface area contributed by atoms with Crippen LogP contribution >= 0.6 is 11.8 Å². The van der Waals surface area contributed by atoms with Gasteiger partial charge in [0.1, 0.15) is 17.0 Å². The van der Waals surface area contributed by atoms with Gasteiger partial charge in [0.05, 0.1) is 6.20 Å². The molecule has 0 amide bonds. The molecule has 4 nitrogen and oxygen atoms in total. The quantitative estimate of drug-likeness (QED) is 0.534. The first kappa shape index (κ1) is 15.5. The van der Waals surface area contributed by atoms with Gasteiger partial charge in [-0.3, -0.25) is 0 Å². The zero-order valence-electron chi connectivity index (χ0n) is 11.7. The van der Waals surface area contributed by atoms with Crippen LogP contribution in [-0.2, 0) is 11.9 Å². The minimum atomic E-state index is -4.49. The Morgan fingerprint density at radius 1 is 1.04 bits per heavy atom. The van der Waals surface area contributed by atoms with Crippen molar-refractivity contribution in [2.24, 2.45) is 0 Å². The first-order valence-electron chi connectivity index (χ1n) is 6.64. The normalized spacial score (nSPS) is 11.6. The monoisotopic (exact) mass is 336 g/mol. The third-order valence-corrected chi connectivity index (χ3v) is 4.00. The SMILES string of the molecule is FC(F)(F)c1ccnn1-c1cc(SCc2ccccc2)ncn1. The molecule has 23 heavy (non-hydrogen) atoms. The summed E-state index contributed by atoms with van der Waals surface area (Å²) in [5, 5.41) is 4.30. The van der Waals surface area contributed by atoms with Crippen LogP contribution in [-0.4, -0.2) is 19.7 Å². The molecule has 2 heterocycles. The van der Waals surface area contributed by atoms with Crippen LogP contribution in [0.3, 0.4) is 0 Å². The molecule has 2 aromatic heterocycles. The Morgan fingerprint density at radius 3 is 2.57 bits per heavy atom. The van der Waals surface area contributed by atoms with E-state index in [2.05, 4.69) is 15.1 Å². The molecule has 0 saturated heterocycles. The molecule has 1 aromatic carbocycles. The average molecular weight is 336 g/mol. The van der Waals surface area contributed by atoms with E-state index in [1.807, 2.05) is 30.3 Å². The Hall–Kier alpha value is -2.35. The third-order valence-electron chi connectivity index (χ3n) is 3.01. The second-order valence-corrected chi connectivity index (χ2v) is 5.61. The van der Waals surface area contributed by atoms with Crippen molar-refractivity contribution in [1.29, 1.82) is 0 Å². The van der Waals surface area contributed by atoms with Gasteiger partial charge in [-0.1, -0.05) is 30.3 Å². The predicted molar refractivity (Wildman–Crippen MR) is 80.2 cm³/mol. The summed E-state index contributed by atoms with van der Waals surface area (Å²) in [5.41, 5.74) is 0.239. The number of halogens is 3. The Labute approximate surface area is 134 Å². The number of hydrogen-bond donors (Lipinski definition) is 0. The standard InChI is InChI=1S/C15H11F3N4S/c16-15(17,18)12-6-7-21-22(12)13-8-14(20-10-19-13)23-9-11-4-2-1-3-5-11/h1-8,10H,9H2. The van der Waals surface area contributed by atoms with Crippen molar-refractivity contribution in [2.75, 3.05) is 0 Å². The first-order chi connectivity index (χ1) is 11.0. The van der Waals surface area contributed by atoms with Crippen LogP contribution in [0.2, 0.25) is 0 Å². The maximum Gasteiger partial charge on any atom is 0.433 e. The number of aromatic nitrogens is 4. The van der Waals surface area contributed by atoms with Gasteiger partial charge in [0.25, 0.3) is 0 Å². The van der Waals surface area contributed by atoms with Crippen molar-refractivity contribution in [2.45, 2.75) is 17.0 Å². The number of hydrogen-bond acceptors (Lipinski definition) is 4. The number of thioether (sulfide) groups is 1. The predicted octanol–water partition coefficient (Wildman–Crippen LogP) is 3.97. The molecule has 0 fully saturated rings. The molecule has 0 bridgehead atoms. The fraction of sp³-hybridized carbons (Fsp3) is 0.133. The van der Waals surface area contributed by atoms with Gasteiger partial charge in [0.15, 0.2) is 5.82 Å². The first-order valence-corrected chi connectivity index (χ1v) is 7.63. The van der Waals surface area contributed by atoms with Gasteiger partial charge >= 0.3 is 6.18 Å². The molecule has 3 rings (SSSR count). The van der Waals surface area contributed by atoms with Gasteiger partial charge in [0.2, 0.25) is 0 Å². The van der Waals surface area contributed by atoms with Gasteiger partial charge in [-0.15, -0.1) is 11.8 Å². The minimum Gasteiger partial charge on any atom is -0.230 e. The summed E-state index contributed by atoms with van der Waals surface area (Å²) < 4.78 is 39.6. The smallest absolute Gasteiger partial charge is 0.230 e. The molecule has 0 spiro atoms. The van der Waals surface area contributed by atoms with Gasteiger partial charge < -0.3 is 0 Å². The molecule has 0 N–H and O–H groups in total. The lowest BCUT2D eigenvalue weighted by Gasteiger charge is -2.10. The summed E-state index contributed by atoms with van der Waals surface area (Å²) in [5.74, 6) is 0.760. The van der Waals surface area contributed by atoms with Gasteiger partial charge in [0, 0.05) is 11.8 Å². The van der Waals surface area contributed by atoms with Crippen LogP contribution in [0.1, 0.15) is 11.3 Å². The van der Waals surface area contributed by atoms with E-state index < -0.39 is 11.9 Å². The van der Waals surface area contributed by atoms with E-state index in [4.69, 9.17) is 0 Å². The zero-order chi connectivity index (χ0) is 16.3. The molecule has 0 unspecified atom stereocenters. The molecule has 8 heteroatoms. The van der Waals surface area contributed by atoms with Crippen LogP contribution in [0.25, 0.3) is 5.82 Å². The lowest BCUT2D eigenvalue weighted by atomic mass is 10.2. The molecule has 0 saturated carbocycles. The zero-order valence-corrected chi connectivity index (χ0v) is 12.6. The van der Waals surface area contributed by atoms with E-state index in [1.54, 1.807) is 0 Å². The third kappa shape index (κ3) is 3.70. The second-order valence-electron chi connectivity index (χ2n) is 4.61. The highest BCUT2D eigenvalue weighted by Gasteiger charge is 2.35. The Morgan fingerprint density at radius 2 is 1.83 bits per heavy atom. The largest absolute Gasteiger partial charge is 0.433 e. The van der Waals surface area contributed by atoms with Crippen LogP contribution in [0.5, 0.6) is 0 Å². The summed E-state index contributed by atoms with van der Waals surface area (Å²) >= 11 is 1.42. The molecular formula is C15H11F3N4S. The molecule has 0 atom stereocenters. The number of rotatable bonds is 4. The maximum atomic E-state index is 12.9. The maximum absolute atomic E-state index is 12.9. The van der Waals surface area contributed by atoms with E-state index in [0.29, 0.717) is 10.8 Å². The van der Waals surface area contributed by atoms with Crippen molar-refractivity contribution in [1.82, 2.24) is 19.7 Å². The van der Waals surface area contributed by atoms with E-state index in [9.17, 15) is 13.2 Å². The minimum absolute atomic E-state index is 0.0906. The van der Waals surface area contributed by atoms with Crippen LogP contribution in [0.4, 0.5) is 13.2 Å². The highest BCUT2D eigenvalue weighted by molar-refractivity contribution is 7.98. The molecule has 0 aliphatic heterocycles. The fourth-order valence-electron chi connectivity index (χ4n) is 1.96. The van der Waals surface area contributed by atoms with Crippen molar-refractivity contribution in [3.8, 4) is 5.82 Å². The lowest BCUT2D eigenvalue weighted by molar-refractivity contribution is -0.142. The van der Waals surface area contributed by atoms with E-state index >= 15 is 0 Å². The highest BCUT2D eigenvalue weighted by atomic mass is 32.2. The van der Waals surface area contributed by atoms with Gasteiger partial charge in [-0.25, -0.2) is 14.6 Å². The van der Waals surface area contributed by atoms with Gasteiger partial charge in [-0.05, 0) is 11.6 Å². The fourth-order valence-corrected chi connectivity index (χ4v) is 2.77. The van der Waals surface area contributed by atoms with Crippen LogP contribution < -0.4 is 0 Å². The second kappa shape index (κ2) is 6.41. The summed E-state index contributed by atoms with van der Waals surface area (Å²) in [6.07, 6.45) is -2.15. The van der Waals surface area contributed by atoms with E-state index in [0.717, 1.165) is 22.5 Å². The molecule has 3 aromatic rings. The van der Waals surface area contributed by atoms with E-state index in [1.165, 1.54) is 24.2 Å². The number of benzene rings is 1. The Balaban J connectivity index is 1.82. The molecule has 0 radical (unpaired) electrons. The summed E-state index contributed by atoms with van der Waals surface area (Å²) in [7, 11) is 0. The van der Waals surface area contributed by atoms with Crippen LogP contribution in [0, 0.1) is 0 Å². The topological polar surface area (TPSA) is 43.6 Å². The number of nitrogens with zero attached hydrogens (tertiary/aromatic N) is 4. The Bertz CT molecular complexity index is 787. The number of alkyl halides is 3. The summed E-state index contributed by atoms with van der Waals surface area (Å²) in [4.78, 5) is 7.97. The Kier molecular flexibility index (Phi) is 4.33. The van der Waals surface area contributed by atoms with Gasteiger partial charge in [-0.2, -0.15) is 18.3 Å². The van der Waals surface area contributed by atoms with E-state index in [-0.39, 0.29) is 5.82 Å². The molecule has 118 valence electrons.